The van der Waals surface area contributed by atoms with Crippen molar-refractivity contribution < 1.29 is 36.7 Å². The number of likely N-dealkylation sites (tertiary alicyclic amines) is 1. The van der Waals surface area contributed by atoms with Gasteiger partial charge >= 0.3 is 12.1 Å². The third-order valence-electron chi connectivity index (χ3n) is 5.33. The maximum Gasteiger partial charge on any atom is 0.416 e. The van der Waals surface area contributed by atoms with Crippen LogP contribution in [0.3, 0.4) is 0 Å². The van der Waals surface area contributed by atoms with Gasteiger partial charge in [-0.2, -0.15) is 13.2 Å². The van der Waals surface area contributed by atoms with E-state index in [1.807, 2.05) is 0 Å². The van der Waals surface area contributed by atoms with Gasteiger partial charge in [0.2, 0.25) is 0 Å². The largest absolute Gasteiger partial charge is 0.452 e. The van der Waals surface area contributed by atoms with E-state index < -0.39 is 41.5 Å². The predicted octanol–water partition coefficient (Wildman–Crippen LogP) is 4.27. The summed E-state index contributed by atoms with van der Waals surface area (Å²) in [4.78, 5) is 38.7. The minimum atomic E-state index is -4.55. The van der Waals surface area contributed by atoms with Crippen LogP contribution in [0.15, 0.2) is 48.5 Å². The van der Waals surface area contributed by atoms with Crippen LogP contribution in [-0.2, 0) is 20.5 Å². The van der Waals surface area contributed by atoms with Gasteiger partial charge in [0, 0.05) is 24.3 Å². The van der Waals surface area contributed by atoms with Crippen LogP contribution in [0, 0.1) is 11.7 Å². The van der Waals surface area contributed by atoms with Crippen LogP contribution in [0.2, 0.25) is 0 Å². The Kier molecular flexibility index (Phi) is 7.35. The van der Waals surface area contributed by atoms with Crippen molar-refractivity contribution in [1.29, 1.82) is 0 Å². The first-order valence-corrected chi connectivity index (χ1v) is 10.3. The summed E-state index contributed by atoms with van der Waals surface area (Å²) >= 11 is 0. The Bertz CT molecular complexity index is 1020. The van der Waals surface area contributed by atoms with E-state index in [1.165, 1.54) is 37.3 Å². The minimum absolute atomic E-state index is 0.0645. The molecule has 1 aliphatic rings. The second-order valence-corrected chi connectivity index (χ2v) is 7.72. The molecule has 2 aromatic carbocycles. The molecule has 1 atom stereocenters. The number of carbonyl (C=O) groups excluding carboxylic acids is 3. The van der Waals surface area contributed by atoms with Crippen LogP contribution in [0.4, 0.5) is 23.2 Å². The highest BCUT2D eigenvalue weighted by Gasteiger charge is 2.32. The second kappa shape index (κ2) is 10.0. The zero-order valence-electron chi connectivity index (χ0n) is 17.7. The molecular weight excluding hydrogens is 444 g/mol. The van der Waals surface area contributed by atoms with Gasteiger partial charge in [0.15, 0.2) is 6.10 Å². The fourth-order valence-electron chi connectivity index (χ4n) is 3.43. The molecule has 1 aliphatic heterocycles. The molecule has 3 rings (SSSR count). The highest BCUT2D eigenvalue weighted by atomic mass is 19.4. The van der Waals surface area contributed by atoms with E-state index in [-0.39, 0.29) is 11.6 Å². The molecule has 6 nitrogen and oxygen atoms in total. The number of nitrogens with zero attached hydrogens (tertiary/aromatic N) is 1. The number of alkyl halides is 3. The van der Waals surface area contributed by atoms with Crippen LogP contribution in [0.25, 0.3) is 0 Å². The number of amides is 2. The number of ether oxygens (including phenoxy) is 1. The smallest absolute Gasteiger partial charge is 0.416 e. The van der Waals surface area contributed by atoms with E-state index >= 15 is 0 Å². The molecule has 0 saturated carbocycles. The number of piperidine rings is 1. The highest BCUT2D eigenvalue weighted by Crippen LogP contribution is 2.30. The molecule has 10 heteroatoms. The molecule has 1 fully saturated rings. The molecule has 1 N–H and O–H groups in total. The van der Waals surface area contributed by atoms with Crippen molar-refractivity contribution in [3.63, 3.8) is 0 Å². The zero-order valence-corrected chi connectivity index (χ0v) is 17.7. The fraction of sp³-hybridized carbons (Fsp3) is 0.348. The highest BCUT2D eigenvalue weighted by molar-refractivity contribution is 5.95. The number of hydrogen-bond acceptors (Lipinski definition) is 4. The van der Waals surface area contributed by atoms with Crippen LogP contribution >= 0.6 is 0 Å². The summed E-state index contributed by atoms with van der Waals surface area (Å²) in [5.41, 5.74) is -0.630. The monoisotopic (exact) mass is 466 g/mol. The quantitative estimate of drug-likeness (QED) is 0.528. The van der Waals surface area contributed by atoms with E-state index in [0.717, 1.165) is 18.2 Å². The summed E-state index contributed by atoms with van der Waals surface area (Å²) in [6.45, 7) is 1.91. The zero-order chi connectivity index (χ0) is 24.2. The van der Waals surface area contributed by atoms with Crippen LogP contribution in [-0.4, -0.2) is 41.9 Å². The first-order valence-electron chi connectivity index (χ1n) is 10.3. The van der Waals surface area contributed by atoms with Crippen molar-refractivity contribution in [1.82, 2.24) is 4.90 Å². The van der Waals surface area contributed by atoms with Crippen molar-refractivity contribution in [3.8, 4) is 0 Å². The van der Waals surface area contributed by atoms with E-state index in [1.54, 1.807) is 4.90 Å². The van der Waals surface area contributed by atoms with Gasteiger partial charge in [-0.05, 0) is 62.2 Å². The van der Waals surface area contributed by atoms with Gasteiger partial charge in [-0.25, -0.2) is 4.39 Å². The first-order chi connectivity index (χ1) is 15.5. The molecule has 33 heavy (non-hydrogen) atoms. The third-order valence-corrected chi connectivity index (χ3v) is 5.33. The molecule has 0 aromatic heterocycles. The van der Waals surface area contributed by atoms with Crippen molar-refractivity contribution >= 4 is 23.5 Å². The molecule has 2 aromatic rings. The molecule has 0 spiro atoms. The maximum atomic E-state index is 13.0. The van der Waals surface area contributed by atoms with Crippen LogP contribution in [0.5, 0.6) is 0 Å². The summed E-state index contributed by atoms with van der Waals surface area (Å²) in [7, 11) is 0. The van der Waals surface area contributed by atoms with E-state index in [4.69, 9.17) is 4.74 Å². The van der Waals surface area contributed by atoms with E-state index in [2.05, 4.69) is 5.32 Å². The third kappa shape index (κ3) is 6.30. The Morgan fingerprint density at radius 3 is 2.30 bits per heavy atom. The van der Waals surface area contributed by atoms with Crippen LogP contribution < -0.4 is 5.32 Å². The lowest BCUT2D eigenvalue weighted by Crippen LogP contribution is -2.41. The summed E-state index contributed by atoms with van der Waals surface area (Å²) in [6.07, 6.45) is -5.11. The average molecular weight is 466 g/mol. The molecule has 0 radical (unpaired) electrons. The Morgan fingerprint density at radius 1 is 1.06 bits per heavy atom. The summed E-state index contributed by atoms with van der Waals surface area (Å²) in [5, 5.41) is 2.31. The topological polar surface area (TPSA) is 75.7 Å². The fourth-order valence-corrected chi connectivity index (χ4v) is 3.43. The Balaban J connectivity index is 1.49. The lowest BCUT2D eigenvalue weighted by Gasteiger charge is -2.31. The standard InChI is InChI=1S/C23H22F4N2O4/c1-14(20(30)28-19-4-2-3-17(13-19)23(25,26)27)33-22(32)16-9-11-29(12-10-16)21(31)15-5-7-18(24)8-6-15/h2-8,13-14,16H,9-12H2,1H3,(H,28,30). The Hall–Kier alpha value is -3.43. The minimum Gasteiger partial charge on any atom is -0.452 e. The van der Waals surface area contributed by atoms with Crippen molar-refractivity contribution in [2.45, 2.75) is 32.0 Å². The summed E-state index contributed by atoms with van der Waals surface area (Å²) in [5.74, 6) is -2.61. The number of halogens is 4. The van der Waals surface area contributed by atoms with Crippen molar-refractivity contribution in [2.75, 3.05) is 18.4 Å². The first kappa shape index (κ1) is 24.2. The van der Waals surface area contributed by atoms with E-state index in [0.29, 0.717) is 31.5 Å². The van der Waals surface area contributed by atoms with Gasteiger partial charge in [0.05, 0.1) is 11.5 Å². The molecule has 176 valence electrons. The van der Waals surface area contributed by atoms with Gasteiger partial charge in [-0.1, -0.05) is 6.07 Å². The van der Waals surface area contributed by atoms with Crippen molar-refractivity contribution in [2.24, 2.45) is 5.92 Å². The van der Waals surface area contributed by atoms with Gasteiger partial charge in [-0.3, -0.25) is 14.4 Å². The number of rotatable bonds is 5. The normalized spacial score (nSPS) is 15.6. The Labute approximate surface area is 187 Å². The van der Waals surface area contributed by atoms with E-state index in [9.17, 15) is 31.9 Å². The maximum absolute atomic E-state index is 13.0. The number of carbonyl (C=O) groups is 3. The number of benzene rings is 2. The van der Waals surface area contributed by atoms with Crippen molar-refractivity contribution in [3.05, 3.63) is 65.5 Å². The van der Waals surface area contributed by atoms with Gasteiger partial charge in [0.1, 0.15) is 5.82 Å². The number of esters is 1. The number of anilines is 1. The lowest BCUT2D eigenvalue weighted by atomic mass is 9.96. The second-order valence-electron chi connectivity index (χ2n) is 7.72. The van der Waals surface area contributed by atoms with Crippen LogP contribution in [0.1, 0.15) is 35.7 Å². The summed E-state index contributed by atoms with van der Waals surface area (Å²) < 4.78 is 56.7. The van der Waals surface area contributed by atoms with Gasteiger partial charge in [-0.15, -0.1) is 0 Å². The number of nitrogens with one attached hydrogen (secondary N) is 1. The number of hydrogen-bond donors (Lipinski definition) is 1. The molecule has 1 saturated heterocycles. The summed E-state index contributed by atoms with van der Waals surface area (Å²) in [6, 6.07) is 9.32. The molecule has 1 heterocycles. The molecule has 0 aliphatic carbocycles. The Morgan fingerprint density at radius 2 is 1.70 bits per heavy atom. The molecule has 2 amide bonds. The molecule has 0 bridgehead atoms. The predicted molar refractivity (Wildman–Crippen MR) is 111 cm³/mol. The SMILES string of the molecule is CC(OC(=O)C1CCN(C(=O)c2ccc(F)cc2)CC1)C(=O)Nc1cccc(C(F)(F)F)c1. The van der Waals surface area contributed by atoms with Gasteiger partial charge < -0.3 is 15.0 Å². The molecule has 1 unspecified atom stereocenters. The average Bonchev–Trinajstić information content (AvgIpc) is 2.78. The van der Waals surface area contributed by atoms with Gasteiger partial charge in [0.25, 0.3) is 11.8 Å². The lowest BCUT2D eigenvalue weighted by molar-refractivity contribution is -0.158. The molecular formula is C23H22F4N2O4.